The summed E-state index contributed by atoms with van der Waals surface area (Å²) in [6.07, 6.45) is 1.59. The lowest BCUT2D eigenvalue weighted by Gasteiger charge is -2.24. The summed E-state index contributed by atoms with van der Waals surface area (Å²) < 4.78 is 23.1. The topological polar surface area (TPSA) is 109 Å². The highest BCUT2D eigenvalue weighted by Crippen LogP contribution is 2.34. The van der Waals surface area contributed by atoms with E-state index >= 15 is 0 Å². The second-order valence-corrected chi connectivity index (χ2v) is 8.60. The van der Waals surface area contributed by atoms with Gasteiger partial charge in [-0.2, -0.15) is 0 Å². The molecule has 1 atom stereocenters. The zero-order valence-electron chi connectivity index (χ0n) is 15.1. The summed E-state index contributed by atoms with van der Waals surface area (Å²) in [6.45, 7) is 0.108. The zero-order valence-corrected chi connectivity index (χ0v) is 16.7. The third-order valence-electron chi connectivity index (χ3n) is 4.58. The van der Waals surface area contributed by atoms with Crippen molar-refractivity contribution in [2.75, 3.05) is 11.4 Å². The fourth-order valence-corrected chi connectivity index (χ4v) is 3.79. The molecule has 0 radical (unpaired) electrons. The van der Waals surface area contributed by atoms with Gasteiger partial charge in [-0.3, -0.25) is 4.98 Å². The third-order valence-corrected chi connectivity index (χ3v) is 5.76. The lowest BCUT2D eigenvalue weighted by atomic mass is 10.1. The Labute approximate surface area is 173 Å². The van der Waals surface area contributed by atoms with Crippen molar-refractivity contribution in [2.45, 2.75) is 10.6 Å². The maximum absolute atomic E-state index is 11.6. The van der Waals surface area contributed by atoms with Crippen LogP contribution >= 0.6 is 11.6 Å². The van der Waals surface area contributed by atoms with Gasteiger partial charge in [-0.25, -0.2) is 18.5 Å². The Hall–Kier alpha value is -2.78. The predicted octanol–water partition coefficient (Wildman–Crippen LogP) is 2.49. The van der Waals surface area contributed by atoms with Crippen LogP contribution in [0.1, 0.15) is 11.3 Å². The number of halogens is 1. The Morgan fingerprint density at radius 2 is 1.72 bits per heavy atom. The molecular formula is C20H17ClN4O3S. The molecule has 0 aliphatic carbocycles. The van der Waals surface area contributed by atoms with Crippen molar-refractivity contribution < 1.29 is 13.5 Å². The van der Waals surface area contributed by atoms with Crippen LogP contribution in [0.25, 0.3) is 0 Å². The normalized spacial score (nSPS) is 19.3. The van der Waals surface area contributed by atoms with Gasteiger partial charge in [-0.1, -0.05) is 17.7 Å². The SMILES string of the molecule is NS(=O)(=O)c1ccc(N2CC(O)(c3ccccn3)N=C2c2ccc(Cl)cc2)cc1. The molecule has 3 aromatic rings. The molecule has 0 bridgehead atoms. The smallest absolute Gasteiger partial charge is 0.238 e. The minimum atomic E-state index is -3.80. The molecular weight excluding hydrogens is 412 g/mol. The summed E-state index contributed by atoms with van der Waals surface area (Å²) in [5, 5.41) is 17.0. The number of hydrogen-bond donors (Lipinski definition) is 2. The van der Waals surface area contributed by atoms with Gasteiger partial charge >= 0.3 is 0 Å². The van der Waals surface area contributed by atoms with Crippen LogP contribution in [0.15, 0.2) is 82.8 Å². The highest BCUT2D eigenvalue weighted by Gasteiger charge is 2.41. The van der Waals surface area contributed by atoms with Crippen molar-refractivity contribution in [3.63, 3.8) is 0 Å². The molecule has 9 heteroatoms. The fraction of sp³-hybridized carbons (Fsp3) is 0.100. The van der Waals surface area contributed by atoms with E-state index < -0.39 is 15.7 Å². The molecule has 2 aromatic carbocycles. The molecule has 1 aliphatic rings. The number of pyridine rings is 1. The van der Waals surface area contributed by atoms with Gasteiger partial charge in [0.2, 0.25) is 15.7 Å². The molecule has 4 rings (SSSR count). The van der Waals surface area contributed by atoms with E-state index in [-0.39, 0.29) is 11.4 Å². The van der Waals surface area contributed by atoms with Gasteiger partial charge in [0.1, 0.15) is 5.84 Å². The molecule has 7 nitrogen and oxygen atoms in total. The minimum Gasteiger partial charge on any atom is -0.363 e. The molecule has 29 heavy (non-hydrogen) atoms. The van der Waals surface area contributed by atoms with Gasteiger partial charge in [-0.05, 0) is 60.7 Å². The first-order valence-electron chi connectivity index (χ1n) is 8.66. The van der Waals surface area contributed by atoms with E-state index in [2.05, 4.69) is 9.98 Å². The molecule has 0 amide bonds. The molecule has 3 N–H and O–H groups in total. The summed E-state index contributed by atoms with van der Waals surface area (Å²) >= 11 is 6.00. The van der Waals surface area contributed by atoms with E-state index in [4.69, 9.17) is 16.7 Å². The number of nitrogens with zero attached hydrogens (tertiary/aromatic N) is 3. The molecule has 0 saturated heterocycles. The molecule has 1 unspecified atom stereocenters. The number of aromatic nitrogens is 1. The average molecular weight is 429 g/mol. The Kier molecular flexibility index (Phi) is 4.87. The second-order valence-electron chi connectivity index (χ2n) is 6.60. The van der Waals surface area contributed by atoms with Gasteiger partial charge in [0.15, 0.2) is 0 Å². The first-order valence-corrected chi connectivity index (χ1v) is 10.6. The number of aliphatic imine (C=N–C) groups is 1. The lowest BCUT2D eigenvalue weighted by Crippen LogP contribution is -2.35. The van der Waals surface area contributed by atoms with Crippen molar-refractivity contribution in [2.24, 2.45) is 10.1 Å². The van der Waals surface area contributed by atoms with Crippen LogP contribution in [-0.4, -0.2) is 30.9 Å². The maximum atomic E-state index is 11.6. The van der Waals surface area contributed by atoms with E-state index in [0.29, 0.717) is 22.2 Å². The summed E-state index contributed by atoms with van der Waals surface area (Å²) in [4.78, 5) is 10.6. The van der Waals surface area contributed by atoms with Crippen molar-refractivity contribution >= 4 is 33.1 Å². The number of benzene rings is 2. The van der Waals surface area contributed by atoms with Crippen LogP contribution in [0.2, 0.25) is 5.02 Å². The van der Waals surface area contributed by atoms with Crippen molar-refractivity contribution in [1.82, 2.24) is 4.98 Å². The van der Waals surface area contributed by atoms with Crippen molar-refractivity contribution in [3.8, 4) is 0 Å². The number of primary sulfonamides is 1. The van der Waals surface area contributed by atoms with E-state index in [9.17, 15) is 13.5 Å². The van der Waals surface area contributed by atoms with Crippen molar-refractivity contribution in [3.05, 3.63) is 89.2 Å². The number of anilines is 1. The number of hydrogen-bond acceptors (Lipinski definition) is 6. The van der Waals surface area contributed by atoms with Crippen LogP contribution in [0.3, 0.4) is 0 Å². The molecule has 1 aromatic heterocycles. The van der Waals surface area contributed by atoms with Gasteiger partial charge < -0.3 is 10.0 Å². The molecule has 0 saturated carbocycles. The summed E-state index contributed by atoms with van der Waals surface area (Å²) in [6, 6.07) is 18.4. The lowest BCUT2D eigenvalue weighted by molar-refractivity contribution is 0.0601. The van der Waals surface area contributed by atoms with E-state index in [1.807, 2.05) is 0 Å². The standard InChI is InChI=1S/C20H17ClN4O3S/c21-15-6-4-14(5-7-15)19-24-20(26,18-3-1-2-12-23-18)13-25(19)16-8-10-17(11-9-16)29(22,27)28/h1-12,26H,13H2,(H2,22,27,28). The maximum Gasteiger partial charge on any atom is 0.238 e. The molecule has 2 heterocycles. The molecule has 0 spiro atoms. The monoisotopic (exact) mass is 428 g/mol. The number of β-amino-alcohol motifs (C(OH)–C–C–N with tert-alkyl or cyclic N) is 1. The average Bonchev–Trinajstić information content (AvgIpc) is 3.08. The quantitative estimate of drug-likeness (QED) is 0.663. The summed E-state index contributed by atoms with van der Waals surface area (Å²) in [7, 11) is -3.80. The highest BCUT2D eigenvalue weighted by molar-refractivity contribution is 7.89. The van der Waals surface area contributed by atoms with Gasteiger partial charge in [0.25, 0.3) is 0 Å². The molecule has 0 fully saturated rings. The third kappa shape index (κ3) is 3.88. The predicted molar refractivity (Wildman–Crippen MR) is 111 cm³/mol. The fourth-order valence-electron chi connectivity index (χ4n) is 3.15. The van der Waals surface area contributed by atoms with Crippen LogP contribution in [0, 0.1) is 0 Å². The summed E-state index contributed by atoms with van der Waals surface area (Å²) in [5.74, 6) is 0.512. The van der Waals surface area contributed by atoms with Crippen LogP contribution in [0.4, 0.5) is 5.69 Å². The van der Waals surface area contributed by atoms with E-state index in [1.54, 1.807) is 65.7 Å². The molecule has 148 valence electrons. The highest BCUT2D eigenvalue weighted by atomic mass is 35.5. The van der Waals surface area contributed by atoms with E-state index in [1.165, 1.54) is 12.1 Å². The number of rotatable bonds is 4. The molecule has 1 aliphatic heterocycles. The number of amidine groups is 1. The first-order chi connectivity index (χ1) is 13.8. The minimum absolute atomic E-state index is 0.00502. The van der Waals surface area contributed by atoms with Gasteiger partial charge in [-0.15, -0.1) is 0 Å². The Morgan fingerprint density at radius 3 is 2.31 bits per heavy atom. The van der Waals surface area contributed by atoms with Crippen LogP contribution < -0.4 is 10.0 Å². The second kappa shape index (κ2) is 7.23. The Balaban J connectivity index is 1.79. The Morgan fingerprint density at radius 1 is 1.03 bits per heavy atom. The van der Waals surface area contributed by atoms with E-state index in [0.717, 1.165) is 5.56 Å². The number of nitrogens with two attached hydrogens (primary N) is 1. The van der Waals surface area contributed by atoms with Crippen LogP contribution in [-0.2, 0) is 15.7 Å². The van der Waals surface area contributed by atoms with Crippen LogP contribution in [0.5, 0.6) is 0 Å². The summed E-state index contributed by atoms with van der Waals surface area (Å²) in [5.41, 5.74) is 0.249. The van der Waals surface area contributed by atoms with Gasteiger partial charge in [0, 0.05) is 22.5 Å². The van der Waals surface area contributed by atoms with Crippen molar-refractivity contribution in [1.29, 1.82) is 0 Å². The Bertz CT molecular complexity index is 1170. The van der Waals surface area contributed by atoms with Gasteiger partial charge in [0.05, 0.1) is 17.1 Å². The zero-order chi connectivity index (χ0) is 20.6. The number of aliphatic hydroxyl groups is 1. The first kappa shape index (κ1) is 19.5. The largest absolute Gasteiger partial charge is 0.363 e. The number of sulfonamides is 1.